The van der Waals surface area contributed by atoms with Crippen LogP contribution >= 0.6 is 11.3 Å². The van der Waals surface area contributed by atoms with Crippen molar-refractivity contribution < 1.29 is 19.1 Å². The molecular formula is C18H22N2O4S. The number of esters is 1. The third-order valence-electron chi connectivity index (χ3n) is 3.56. The van der Waals surface area contributed by atoms with Crippen LogP contribution in [0, 0.1) is 12.8 Å². The fraction of sp³-hybridized carbons (Fsp3) is 0.389. The van der Waals surface area contributed by atoms with Crippen LogP contribution in [0.15, 0.2) is 29.6 Å². The van der Waals surface area contributed by atoms with Crippen LogP contribution in [0.1, 0.15) is 34.9 Å². The first kappa shape index (κ1) is 18.9. The highest BCUT2D eigenvalue weighted by Gasteiger charge is 2.25. The van der Waals surface area contributed by atoms with Gasteiger partial charge in [0.15, 0.2) is 0 Å². The number of benzene rings is 1. The predicted octanol–water partition coefficient (Wildman–Crippen LogP) is 2.96. The molecule has 0 saturated heterocycles. The molecule has 1 N–H and O–H groups in total. The molecule has 0 aliphatic heterocycles. The molecule has 7 heteroatoms. The van der Waals surface area contributed by atoms with Crippen molar-refractivity contribution in [3.8, 4) is 5.75 Å². The Bertz CT molecular complexity index is 742. The summed E-state index contributed by atoms with van der Waals surface area (Å²) in [5.41, 5.74) is 1.27. The Morgan fingerprint density at radius 2 is 2.08 bits per heavy atom. The number of nitrogens with one attached hydrogen (secondary N) is 1. The van der Waals surface area contributed by atoms with Crippen molar-refractivity contribution >= 4 is 23.2 Å². The summed E-state index contributed by atoms with van der Waals surface area (Å²) < 4.78 is 10.4. The Balaban J connectivity index is 2.03. The quantitative estimate of drug-likeness (QED) is 0.766. The number of carbonyl (C=O) groups excluding carboxylic acids is 2. The Kier molecular flexibility index (Phi) is 6.52. The van der Waals surface area contributed by atoms with Gasteiger partial charge in [-0.1, -0.05) is 19.9 Å². The van der Waals surface area contributed by atoms with Gasteiger partial charge in [0.2, 0.25) is 0 Å². The van der Waals surface area contributed by atoms with Crippen LogP contribution in [0.2, 0.25) is 0 Å². The molecule has 6 nitrogen and oxygen atoms in total. The number of nitrogens with zero attached hydrogens (tertiary/aromatic N) is 1. The van der Waals surface area contributed by atoms with Crippen molar-refractivity contribution in [2.24, 2.45) is 5.92 Å². The van der Waals surface area contributed by atoms with Gasteiger partial charge < -0.3 is 14.8 Å². The van der Waals surface area contributed by atoms with Gasteiger partial charge in [0, 0.05) is 10.9 Å². The van der Waals surface area contributed by atoms with Gasteiger partial charge in [0.1, 0.15) is 18.4 Å². The van der Waals surface area contributed by atoms with E-state index in [9.17, 15) is 9.59 Å². The van der Waals surface area contributed by atoms with E-state index in [1.807, 2.05) is 26.2 Å². The number of aromatic nitrogens is 1. The van der Waals surface area contributed by atoms with Gasteiger partial charge in [-0.3, -0.25) is 4.79 Å². The van der Waals surface area contributed by atoms with Gasteiger partial charge in [-0.25, -0.2) is 9.78 Å². The lowest BCUT2D eigenvalue weighted by Gasteiger charge is -2.19. The highest BCUT2D eigenvalue weighted by molar-refractivity contribution is 7.09. The number of carbonyl (C=O) groups is 2. The van der Waals surface area contributed by atoms with Crippen LogP contribution < -0.4 is 10.1 Å². The van der Waals surface area contributed by atoms with Crippen LogP contribution in [0.3, 0.4) is 0 Å². The summed E-state index contributed by atoms with van der Waals surface area (Å²) in [5, 5.41) is 5.63. The third kappa shape index (κ3) is 5.29. The van der Waals surface area contributed by atoms with Crippen molar-refractivity contribution in [3.05, 3.63) is 45.9 Å². The molecule has 0 bridgehead atoms. The molecule has 0 aliphatic carbocycles. The van der Waals surface area contributed by atoms with Crippen molar-refractivity contribution in [1.29, 1.82) is 0 Å². The number of ether oxygens (including phenoxy) is 2. The molecule has 0 unspecified atom stereocenters. The summed E-state index contributed by atoms with van der Waals surface area (Å²) in [6.45, 7) is 5.96. The molecule has 0 aliphatic rings. The molecule has 25 heavy (non-hydrogen) atoms. The second-order valence-electron chi connectivity index (χ2n) is 5.89. The number of hydrogen-bond acceptors (Lipinski definition) is 6. The zero-order valence-electron chi connectivity index (χ0n) is 14.7. The number of hydrogen-bond donors (Lipinski definition) is 1. The highest BCUT2D eigenvalue weighted by atomic mass is 32.1. The second kappa shape index (κ2) is 8.62. The zero-order valence-corrected chi connectivity index (χ0v) is 15.6. The molecule has 2 rings (SSSR count). The fourth-order valence-corrected chi connectivity index (χ4v) is 2.81. The molecule has 0 radical (unpaired) electrons. The average molecular weight is 362 g/mol. The maximum atomic E-state index is 12.4. The first-order chi connectivity index (χ1) is 11.9. The lowest BCUT2D eigenvalue weighted by molar-refractivity contribution is -0.144. The van der Waals surface area contributed by atoms with E-state index in [1.165, 1.54) is 7.11 Å². The average Bonchev–Trinajstić information content (AvgIpc) is 3.02. The number of amides is 1. The number of thiazole rings is 1. The van der Waals surface area contributed by atoms with E-state index in [2.05, 4.69) is 10.3 Å². The molecule has 2 aromatic rings. The first-order valence-corrected chi connectivity index (χ1v) is 8.81. The normalized spacial score (nSPS) is 11.9. The summed E-state index contributed by atoms with van der Waals surface area (Å²) in [6.07, 6.45) is 0. The monoisotopic (exact) mass is 362 g/mol. The summed E-state index contributed by atoms with van der Waals surface area (Å²) in [5.74, 6) is -0.324. The molecule has 1 atom stereocenters. The van der Waals surface area contributed by atoms with E-state index in [1.54, 1.807) is 35.6 Å². The van der Waals surface area contributed by atoms with E-state index in [4.69, 9.17) is 9.47 Å². The van der Waals surface area contributed by atoms with Crippen molar-refractivity contribution in [2.45, 2.75) is 33.4 Å². The van der Waals surface area contributed by atoms with Crippen LogP contribution in [0.5, 0.6) is 5.75 Å². The fourth-order valence-electron chi connectivity index (χ4n) is 2.21. The number of methoxy groups -OCH3 is 1. The standard InChI is InChI=1S/C18H22N2O4S/c1-11(2)16(18(22)23-4)20-17(21)13-6-5-7-15(8-13)24-9-14-10-25-12(3)19-14/h5-8,10-11,16H,9H2,1-4H3,(H,20,21)/t16-/m0/s1. The first-order valence-electron chi connectivity index (χ1n) is 7.93. The minimum Gasteiger partial charge on any atom is -0.487 e. The molecule has 134 valence electrons. The Morgan fingerprint density at radius 3 is 2.68 bits per heavy atom. The Morgan fingerprint density at radius 1 is 1.32 bits per heavy atom. The minimum absolute atomic E-state index is 0.0799. The SMILES string of the molecule is COC(=O)[C@@H](NC(=O)c1cccc(OCc2csc(C)n2)c1)C(C)C. The van der Waals surface area contributed by atoms with Crippen LogP contribution in [0.4, 0.5) is 0 Å². The third-order valence-corrected chi connectivity index (χ3v) is 4.38. The highest BCUT2D eigenvalue weighted by Crippen LogP contribution is 2.17. The van der Waals surface area contributed by atoms with Crippen molar-refractivity contribution in [3.63, 3.8) is 0 Å². The molecule has 1 amide bonds. The lowest BCUT2D eigenvalue weighted by atomic mass is 10.0. The molecule has 1 aromatic heterocycles. The van der Waals surface area contributed by atoms with E-state index >= 15 is 0 Å². The zero-order chi connectivity index (χ0) is 18.4. The Hall–Kier alpha value is -2.41. The molecule has 1 aromatic carbocycles. The topological polar surface area (TPSA) is 77.5 Å². The van der Waals surface area contributed by atoms with E-state index in [0.29, 0.717) is 17.9 Å². The molecule has 0 fully saturated rings. The number of rotatable bonds is 7. The Labute approximate surface area is 151 Å². The smallest absolute Gasteiger partial charge is 0.328 e. The van der Waals surface area contributed by atoms with Gasteiger partial charge in [-0.05, 0) is 31.0 Å². The summed E-state index contributed by atoms with van der Waals surface area (Å²) in [7, 11) is 1.30. The molecule has 1 heterocycles. The van der Waals surface area contributed by atoms with Gasteiger partial charge in [0.25, 0.3) is 5.91 Å². The predicted molar refractivity (Wildman–Crippen MR) is 95.7 cm³/mol. The van der Waals surface area contributed by atoms with Crippen molar-refractivity contribution in [1.82, 2.24) is 10.3 Å². The maximum Gasteiger partial charge on any atom is 0.328 e. The van der Waals surface area contributed by atoms with E-state index < -0.39 is 12.0 Å². The second-order valence-corrected chi connectivity index (χ2v) is 6.95. The van der Waals surface area contributed by atoms with Crippen LogP contribution in [-0.2, 0) is 16.1 Å². The van der Waals surface area contributed by atoms with E-state index in [0.717, 1.165) is 10.7 Å². The van der Waals surface area contributed by atoms with Crippen LogP contribution in [-0.4, -0.2) is 30.0 Å². The summed E-state index contributed by atoms with van der Waals surface area (Å²) >= 11 is 1.56. The minimum atomic E-state index is -0.694. The summed E-state index contributed by atoms with van der Waals surface area (Å²) in [4.78, 5) is 28.5. The lowest BCUT2D eigenvalue weighted by Crippen LogP contribution is -2.45. The van der Waals surface area contributed by atoms with Crippen molar-refractivity contribution in [2.75, 3.05) is 7.11 Å². The largest absolute Gasteiger partial charge is 0.487 e. The van der Waals surface area contributed by atoms with Gasteiger partial charge in [0.05, 0.1) is 17.8 Å². The molecular weight excluding hydrogens is 340 g/mol. The molecule has 0 spiro atoms. The van der Waals surface area contributed by atoms with Gasteiger partial charge in [-0.15, -0.1) is 11.3 Å². The van der Waals surface area contributed by atoms with E-state index in [-0.39, 0.29) is 11.8 Å². The maximum absolute atomic E-state index is 12.4. The van der Waals surface area contributed by atoms with Gasteiger partial charge in [-0.2, -0.15) is 0 Å². The molecule has 0 saturated carbocycles. The number of aryl methyl sites for hydroxylation is 1. The van der Waals surface area contributed by atoms with Crippen LogP contribution in [0.25, 0.3) is 0 Å². The van der Waals surface area contributed by atoms with Gasteiger partial charge >= 0.3 is 5.97 Å². The summed E-state index contributed by atoms with van der Waals surface area (Å²) in [6, 6.07) is 6.13.